The minimum atomic E-state index is -0.0131. The molecule has 2 atom stereocenters. The highest BCUT2D eigenvalue weighted by Gasteiger charge is 2.23. The van der Waals surface area contributed by atoms with E-state index >= 15 is 0 Å². The van der Waals surface area contributed by atoms with Gasteiger partial charge < -0.3 is 14.6 Å². The van der Waals surface area contributed by atoms with Crippen LogP contribution in [-0.2, 0) is 22.4 Å². The van der Waals surface area contributed by atoms with Crippen molar-refractivity contribution in [3.05, 3.63) is 47.6 Å². The van der Waals surface area contributed by atoms with Gasteiger partial charge in [-0.25, -0.2) is 0 Å². The molecule has 0 unspecified atom stereocenters. The summed E-state index contributed by atoms with van der Waals surface area (Å²) >= 11 is 0. The van der Waals surface area contributed by atoms with Crippen LogP contribution in [0.2, 0.25) is 0 Å². The Morgan fingerprint density at radius 3 is 2.96 bits per heavy atom. The SMILES string of the molecule is C[C@@H](NC(=O)CCc1nc(Cc2ccccc2)no1)[C@H]1CCCO1. The Labute approximate surface area is 141 Å². The summed E-state index contributed by atoms with van der Waals surface area (Å²) in [5, 5.41) is 6.96. The fourth-order valence-corrected chi connectivity index (χ4v) is 2.88. The molecule has 2 aromatic rings. The third-order valence-electron chi connectivity index (χ3n) is 4.19. The van der Waals surface area contributed by atoms with Crippen molar-refractivity contribution < 1.29 is 14.1 Å². The van der Waals surface area contributed by atoms with E-state index in [-0.39, 0.29) is 18.1 Å². The van der Waals surface area contributed by atoms with Crippen molar-refractivity contribution in [2.75, 3.05) is 6.61 Å². The summed E-state index contributed by atoms with van der Waals surface area (Å²) in [6.45, 7) is 2.77. The van der Waals surface area contributed by atoms with Gasteiger partial charge in [-0.3, -0.25) is 4.79 Å². The van der Waals surface area contributed by atoms with E-state index in [1.807, 2.05) is 37.3 Å². The zero-order valence-electron chi connectivity index (χ0n) is 13.9. The van der Waals surface area contributed by atoms with Crippen LogP contribution in [0.5, 0.6) is 0 Å². The third-order valence-corrected chi connectivity index (χ3v) is 4.19. The quantitative estimate of drug-likeness (QED) is 0.843. The Bertz CT molecular complexity index is 651. The molecule has 2 heterocycles. The molecule has 0 spiro atoms. The molecular formula is C18H23N3O3. The van der Waals surface area contributed by atoms with E-state index in [9.17, 15) is 4.79 Å². The van der Waals surface area contributed by atoms with E-state index in [4.69, 9.17) is 9.26 Å². The predicted molar refractivity (Wildman–Crippen MR) is 88.4 cm³/mol. The third kappa shape index (κ3) is 4.64. The minimum Gasteiger partial charge on any atom is -0.376 e. The van der Waals surface area contributed by atoms with Crippen molar-refractivity contribution in [2.45, 2.75) is 51.2 Å². The van der Waals surface area contributed by atoms with E-state index in [1.54, 1.807) is 0 Å². The van der Waals surface area contributed by atoms with Crippen LogP contribution >= 0.6 is 0 Å². The van der Waals surface area contributed by atoms with Gasteiger partial charge in [-0.2, -0.15) is 4.98 Å². The molecule has 0 radical (unpaired) electrons. The summed E-state index contributed by atoms with van der Waals surface area (Å²) in [4.78, 5) is 16.4. The summed E-state index contributed by atoms with van der Waals surface area (Å²) in [5.74, 6) is 1.13. The van der Waals surface area contributed by atoms with Gasteiger partial charge in [0.1, 0.15) is 0 Å². The first kappa shape index (κ1) is 16.6. The molecule has 0 saturated carbocycles. The van der Waals surface area contributed by atoms with Crippen LogP contribution in [0.4, 0.5) is 0 Å². The number of carbonyl (C=O) groups excluding carboxylic acids is 1. The predicted octanol–water partition coefficient (Wildman–Crippen LogP) is 2.28. The second-order valence-corrected chi connectivity index (χ2v) is 6.17. The van der Waals surface area contributed by atoms with Crippen molar-refractivity contribution in [2.24, 2.45) is 0 Å². The highest BCUT2D eigenvalue weighted by atomic mass is 16.5. The molecule has 0 bridgehead atoms. The lowest BCUT2D eigenvalue weighted by Crippen LogP contribution is -2.40. The fourth-order valence-electron chi connectivity index (χ4n) is 2.88. The Kier molecular flexibility index (Phi) is 5.59. The van der Waals surface area contributed by atoms with Gasteiger partial charge in [0.2, 0.25) is 11.8 Å². The number of carbonyl (C=O) groups is 1. The molecule has 6 heteroatoms. The van der Waals surface area contributed by atoms with E-state index in [2.05, 4.69) is 15.5 Å². The molecule has 0 aliphatic carbocycles. The molecule has 3 rings (SSSR count). The van der Waals surface area contributed by atoms with Crippen molar-refractivity contribution in [1.82, 2.24) is 15.5 Å². The van der Waals surface area contributed by atoms with Crippen molar-refractivity contribution in [3.63, 3.8) is 0 Å². The van der Waals surface area contributed by atoms with Crippen molar-refractivity contribution in [1.29, 1.82) is 0 Å². The maximum absolute atomic E-state index is 12.0. The van der Waals surface area contributed by atoms with Gasteiger partial charge in [0.15, 0.2) is 5.82 Å². The fraction of sp³-hybridized carbons (Fsp3) is 0.500. The number of nitrogens with one attached hydrogen (secondary N) is 1. The maximum Gasteiger partial charge on any atom is 0.227 e. The largest absolute Gasteiger partial charge is 0.376 e. The van der Waals surface area contributed by atoms with Crippen LogP contribution in [0, 0.1) is 0 Å². The highest BCUT2D eigenvalue weighted by molar-refractivity contribution is 5.76. The molecule has 1 aliphatic heterocycles. The summed E-state index contributed by atoms with van der Waals surface area (Å²) in [5.41, 5.74) is 1.13. The van der Waals surface area contributed by atoms with Gasteiger partial charge >= 0.3 is 0 Å². The maximum atomic E-state index is 12.0. The number of benzene rings is 1. The summed E-state index contributed by atoms with van der Waals surface area (Å²) in [6, 6.07) is 10.0. The van der Waals surface area contributed by atoms with Crippen LogP contribution in [-0.4, -0.2) is 34.8 Å². The molecule has 1 N–H and O–H groups in total. The summed E-state index contributed by atoms with van der Waals surface area (Å²) in [7, 11) is 0. The van der Waals surface area contributed by atoms with Crippen LogP contribution in [0.3, 0.4) is 0 Å². The number of hydrogen-bond donors (Lipinski definition) is 1. The zero-order valence-corrected chi connectivity index (χ0v) is 13.9. The smallest absolute Gasteiger partial charge is 0.227 e. The molecule has 1 aliphatic rings. The van der Waals surface area contributed by atoms with Gasteiger partial charge in [-0.15, -0.1) is 0 Å². The molecule has 1 saturated heterocycles. The Balaban J connectivity index is 1.44. The topological polar surface area (TPSA) is 77.3 Å². The van der Waals surface area contributed by atoms with Crippen LogP contribution in [0.15, 0.2) is 34.9 Å². The average molecular weight is 329 g/mol. The van der Waals surface area contributed by atoms with Crippen LogP contribution in [0.25, 0.3) is 0 Å². The number of amides is 1. The molecule has 1 aromatic carbocycles. The number of ether oxygens (including phenoxy) is 1. The first-order chi connectivity index (χ1) is 11.7. The molecule has 1 aromatic heterocycles. The Morgan fingerprint density at radius 2 is 2.21 bits per heavy atom. The first-order valence-electron chi connectivity index (χ1n) is 8.47. The van der Waals surface area contributed by atoms with Crippen molar-refractivity contribution >= 4 is 5.91 Å². The summed E-state index contributed by atoms with van der Waals surface area (Å²) < 4.78 is 10.8. The second-order valence-electron chi connectivity index (χ2n) is 6.17. The minimum absolute atomic E-state index is 0.0131. The van der Waals surface area contributed by atoms with Gasteiger partial charge in [-0.05, 0) is 25.3 Å². The number of aromatic nitrogens is 2. The number of hydrogen-bond acceptors (Lipinski definition) is 5. The highest BCUT2D eigenvalue weighted by Crippen LogP contribution is 2.15. The van der Waals surface area contributed by atoms with Gasteiger partial charge in [0, 0.05) is 25.9 Å². The van der Waals surface area contributed by atoms with E-state index < -0.39 is 0 Å². The lowest BCUT2D eigenvalue weighted by Gasteiger charge is -2.19. The number of nitrogens with zero attached hydrogens (tertiary/aromatic N) is 2. The van der Waals surface area contributed by atoms with Crippen molar-refractivity contribution in [3.8, 4) is 0 Å². The number of aryl methyl sites for hydroxylation is 1. The van der Waals surface area contributed by atoms with Gasteiger partial charge in [0.05, 0.1) is 12.1 Å². The molecule has 1 fully saturated rings. The molecular weight excluding hydrogens is 306 g/mol. The Morgan fingerprint density at radius 1 is 1.38 bits per heavy atom. The van der Waals surface area contributed by atoms with Gasteiger partial charge in [0.25, 0.3) is 0 Å². The molecule has 128 valence electrons. The second kappa shape index (κ2) is 8.06. The van der Waals surface area contributed by atoms with E-state index in [1.165, 1.54) is 0 Å². The zero-order chi connectivity index (χ0) is 16.8. The van der Waals surface area contributed by atoms with Crippen LogP contribution < -0.4 is 5.32 Å². The summed E-state index contributed by atoms with van der Waals surface area (Å²) in [6.07, 6.45) is 3.63. The average Bonchev–Trinajstić information content (AvgIpc) is 3.26. The molecule has 6 nitrogen and oxygen atoms in total. The monoisotopic (exact) mass is 329 g/mol. The first-order valence-corrected chi connectivity index (χ1v) is 8.47. The standard InChI is InChI=1S/C18H23N3O3/c1-13(15-8-5-11-23-15)19-17(22)9-10-18-20-16(21-24-18)12-14-6-3-2-4-7-14/h2-4,6-7,13,15H,5,8-12H2,1H3,(H,19,22)/t13-,15-/m1/s1. The van der Waals surface area contributed by atoms with E-state index in [0.29, 0.717) is 31.0 Å². The van der Waals surface area contributed by atoms with Crippen LogP contribution in [0.1, 0.15) is 43.5 Å². The molecule has 1 amide bonds. The van der Waals surface area contributed by atoms with Gasteiger partial charge in [-0.1, -0.05) is 35.5 Å². The molecule has 24 heavy (non-hydrogen) atoms. The van der Waals surface area contributed by atoms with E-state index in [0.717, 1.165) is 25.0 Å². The lowest BCUT2D eigenvalue weighted by molar-refractivity contribution is -0.122. The lowest BCUT2D eigenvalue weighted by atomic mass is 10.1. The Hall–Kier alpha value is -2.21. The normalized spacial score (nSPS) is 18.5. The number of rotatable bonds is 7.